The lowest BCUT2D eigenvalue weighted by Crippen LogP contribution is -2.11. The first kappa shape index (κ1) is 10.8. The first-order valence-electron chi connectivity index (χ1n) is 4.92. The van der Waals surface area contributed by atoms with Gasteiger partial charge in [-0.15, -0.1) is 0 Å². The lowest BCUT2D eigenvalue weighted by Gasteiger charge is -2.17. The van der Waals surface area contributed by atoms with Gasteiger partial charge >= 0.3 is 0 Å². The quantitative estimate of drug-likeness (QED) is 0.631. The first-order valence-corrected chi connectivity index (χ1v) is 4.92. The number of nitriles is 1. The molecule has 0 bridgehead atoms. The lowest BCUT2D eigenvalue weighted by molar-refractivity contribution is 1.08. The van der Waals surface area contributed by atoms with Gasteiger partial charge in [0, 0.05) is 31.2 Å². The second kappa shape index (κ2) is 4.90. The molecule has 0 saturated heterocycles. The number of anilines is 3. The van der Waals surface area contributed by atoms with Crippen molar-refractivity contribution in [3.63, 3.8) is 0 Å². The highest BCUT2D eigenvalue weighted by Gasteiger charge is 2.06. The molecule has 2 heterocycles. The summed E-state index contributed by atoms with van der Waals surface area (Å²) in [5.74, 6) is 1.17. The van der Waals surface area contributed by atoms with Crippen LogP contribution in [0.25, 0.3) is 0 Å². The van der Waals surface area contributed by atoms with Crippen LogP contribution in [0.15, 0.2) is 36.9 Å². The van der Waals surface area contributed by atoms with E-state index in [1.54, 1.807) is 18.5 Å². The third kappa shape index (κ3) is 2.46. The maximum absolute atomic E-state index is 8.52. The van der Waals surface area contributed by atoms with E-state index in [2.05, 4.69) is 20.3 Å². The molecule has 6 heteroatoms. The van der Waals surface area contributed by atoms with Gasteiger partial charge in [-0.3, -0.25) is 10.3 Å². The van der Waals surface area contributed by atoms with Gasteiger partial charge in [0.25, 0.3) is 0 Å². The minimum atomic E-state index is 0.471. The summed E-state index contributed by atoms with van der Waals surface area (Å²) in [6.07, 6.45) is 6.65. The Labute approximate surface area is 98.6 Å². The Kier molecular flexibility index (Phi) is 3.12. The molecule has 0 atom stereocenters. The Balaban J connectivity index is 2.28. The van der Waals surface area contributed by atoms with E-state index in [1.807, 2.05) is 30.3 Å². The summed E-state index contributed by atoms with van der Waals surface area (Å²) in [5, 5.41) is 11.0. The number of nitrogens with one attached hydrogen (secondary N) is 1. The molecule has 2 aromatic heterocycles. The summed E-state index contributed by atoms with van der Waals surface area (Å²) in [5.41, 5.74) is 0.960. The highest BCUT2D eigenvalue weighted by Crippen LogP contribution is 2.21. The van der Waals surface area contributed by atoms with Crippen LogP contribution < -0.4 is 10.2 Å². The monoisotopic (exact) mass is 226 g/mol. The van der Waals surface area contributed by atoms with E-state index in [-0.39, 0.29) is 0 Å². The fourth-order valence-corrected chi connectivity index (χ4v) is 1.36. The molecule has 1 N–H and O–H groups in total. The zero-order valence-electron chi connectivity index (χ0n) is 9.20. The molecular formula is C11H10N6. The SMILES string of the molecule is CN(c1ccncc1)c1cc(NC#N)ncn1. The maximum atomic E-state index is 8.52. The summed E-state index contributed by atoms with van der Waals surface area (Å²) in [4.78, 5) is 13.9. The van der Waals surface area contributed by atoms with Gasteiger partial charge in [0.15, 0.2) is 6.19 Å². The van der Waals surface area contributed by atoms with Crippen LogP contribution in [0.3, 0.4) is 0 Å². The second-order valence-corrected chi connectivity index (χ2v) is 3.26. The second-order valence-electron chi connectivity index (χ2n) is 3.26. The van der Waals surface area contributed by atoms with Crippen LogP contribution >= 0.6 is 0 Å². The number of rotatable bonds is 3. The van der Waals surface area contributed by atoms with E-state index in [4.69, 9.17) is 5.26 Å². The molecular weight excluding hydrogens is 216 g/mol. The lowest BCUT2D eigenvalue weighted by atomic mass is 10.3. The van der Waals surface area contributed by atoms with E-state index in [9.17, 15) is 0 Å². The molecule has 17 heavy (non-hydrogen) atoms. The van der Waals surface area contributed by atoms with Gasteiger partial charge in [0.2, 0.25) is 0 Å². The molecule has 0 aliphatic heterocycles. The van der Waals surface area contributed by atoms with E-state index < -0.39 is 0 Å². The van der Waals surface area contributed by atoms with Crippen molar-refractivity contribution >= 4 is 17.3 Å². The van der Waals surface area contributed by atoms with Gasteiger partial charge in [0.05, 0.1) is 0 Å². The highest BCUT2D eigenvalue weighted by atomic mass is 15.2. The van der Waals surface area contributed by atoms with E-state index in [0.717, 1.165) is 5.69 Å². The molecule has 0 amide bonds. The number of hydrogen-bond donors (Lipinski definition) is 1. The van der Waals surface area contributed by atoms with Crippen molar-refractivity contribution in [2.24, 2.45) is 0 Å². The maximum Gasteiger partial charge on any atom is 0.182 e. The Morgan fingerprint density at radius 1 is 1.29 bits per heavy atom. The summed E-state index contributed by atoms with van der Waals surface area (Å²) < 4.78 is 0. The van der Waals surface area contributed by atoms with Crippen molar-refractivity contribution in [2.75, 3.05) is 17.3 Å². The van der Waals surface area contributed by atoms with Crippen LogP contribution in [-0.4, -0.2) is 22.0 Å². The average Bonchev–Trinajstić information content (AvgIpc) is 2.40. The third-order valence-electron chi connectivity index (χ3n) is 2.23. The number of hydrogen-bond acceptors (Lipinski definition) is 6. The van der Waals surface area contributed by atoms with Crippen molar-refractivity contribution in [2.45, 2.75) is 0 Å². The normalized spacial score (nSPS) is 9.41. The Bertz CT molecular complexity index is 533. The van der Waals surface area contributed by atoms with Crippen molar-refractivity contribution < 1.29 is 0 Å². The van der Waals surface area contributed by atoms with E-state index >= 15 is 0 Å². The van der Waals surface area contributed by atoms with Gasteiger partial charge < -0.3 is 4.90 Å². The molecule has 6 nitrogen and oxygen atoms in total. The van der Waals surface area contributed by atoms with Gasteiger partial charge in [-0.2, -0.15) is 5.26 Å². The fraction of sp³-hybridized carbons (Fsp3) is 0.0909. The van der Waals surface area contributed by atoms with Crippen LogP contribution in [0.4, 0.5) is 17.3 Å². The fourth-order valence-electron chi connectivity index (χ4n) is 1.36. The molecule has 0 aromatic carbocycles. The number of nitrogens with zero attached hydrogens (tertiary/aromatic N) is 5. The standard InChI is InChI=1S/C11H10N6/c1-17(9-2-4-13-5-3-9)11-6-10(14-7-12)15-8-16-11/h2-6,8H,1H3,(H,14,15,16). The Morgan fingerprint density at radius 3 is 2.76 bits per heavy atom. The summed E-state index contributed by atoms with van der Waals surface area (Å²) in [6.45, 7) is 0. The zero-order chi connectivity index (χ0) is 12.1. The van der Waals surface area contributed by atoms with Crippen molar-refractivity contribution in [1.82, 2.24) is 15.0 Å². The third-order valence-corrected chi connectivity index (χ3v) is 2.23. The zero-order valence-corrected chi connectivity index (χ0v) is 9.20. The predicted molar refractivity (Wildman–Crippen MR) is 63.6 cm³/mol. The Morgan fingerprint density at radius 2 is 2.06 bits per heavy atom. The van der Waals surface area contributed by atoms with Crippen LogP contribution in [0.5, 0.6) is 0 Å². The molecule has 0 aliphatic carbocycles. The predicted octanol–water partition coefficient (Wildman–Crippen LogP) is 1.53. The van der Waals surface area contributed by atoms with Gasteiger partial charge in [-0.25, -0.2) is 9.97 Å². The van der Waals surface area contributed by atoms with Crippen LogP contribution in [-0.2, 0) is 0 Å². The average molecular weight is 226 g/mol. The van der Waals surface area contributed by atoms with Crippen molar-refractivity contribution in [3.8, 4) is 6.19 Å². The summed E-state index contributed by atoms with van der Waals surface area (Å²) in [6, 6.07) is 5.45. The van der Waals surface area contributed by atoms with E-state index in [1.165, 1.54) is 6.33 Å². The molecule has 0 unspecified atom stereocenters. The van der Waals surface area contributed by atoms with Gasteiger partial charge in [0.1, 0.15) is 18.0 Å². The van der Waals surface area contributed by atoms with Crippen molar-refractivity contribution in [1.29, 1.82) is 5.26 Å². The number of aromatic nitrogens is 3. The Hall–Kier alpha value is -2.68. The largest absolute Gasteiger partial charge is 0.329 e. The first-order chi connectivity index (χ1) is 8.31. The molecule has 0 fully saturated rings. The van der Waals surface area contributed by atoms with Gasteiger partial charge in [-0.05, 0) is 12.1 Å². The molecule has 0 aliphatic rings. The molecule has 2 rings (SSSR count). The topological polar surface area (TPSA) is 77.7 Å². The molecule has 0 radical (unpaired) electrons. The van der Waals surface area contributed by atoms with Crippen LogP contribution in [0.1, 0.15) is 0 Å². The highest BCUT2D eigenvalue weighted by molar-refractivity contribution is 5.61. The minimum absolute atomic E-state index is 0.471. The van der Waals surface area contributed by atoms with Crippen LogP contribution in [0.2, 0.25) is 0 Å². The minimum Gasteiger partial charge on any atom is -0.329 e. The smallest absolute Gasteiger partial charge is 0.182 e. The molecule has 2 aromatic rings. The van der Waals surface area contributed by atoms with Crippen LogP contribution in [0, 0.1) is 11.5 Å². The number of pyridine rings is 1. The molecule has 0 spiro atoms. The summed E-state index contributed by atoms with van der Waals surface area (Å²) >= 11 is 0. The molecule has 0 saturated carbocycles. The molecule has 84 valence electrons. The summed E-state index contributed by atoms with van der Waals surface area (Å²) in [7, 11) is 1.88. The van der Waals surface area contributed by atoms with Gasteiger partial charge in [-0.1, -0.05) is 0 Å². The van der Waals surface area contributed by atoms with Crippen molar-refractivity contribution in [3.05, 3.63) is 36.9 Å². The van der Waals surface area contributed by atoms with E-state index in [0.29, 0.717) is 11.6 Å².